The van der Waals surface area contributed by atoms with Crippen LogP contribution < -0.4 is 10.1 Å². The summed E-state index contributed by atoms with van der Waals surface area (Å²) in [4.78, 5) is 19.3. The highest BCUT2D eigenvalue weighted by Gasteiger charge is 2.32. The summed E-state index contributed by atoms with van der Waals surface area (Å²) in [5, 5.41) is 3.30. The number of pyridine rings is 1. The maximum absolute atomic E-state index is 13.7. The molecule has 0 spiro atoms. The first kappa shape index (κ1) is 19.6. The number of likely N-dealkylation sites (tertiary alicyclic amines) is 1. The lowest BCUT2D eigenvalue weighted by atomic mass is 9.93. The number of benzene rings is 1. The van der Waals surface area contributed by atoms with Crippen molar-refractivity contribution >= 4 is 27.7 Å². The van der Waals surface area contributed by atoms with Gasteiger partial charge in [0.1, 0.15) is 17.4 Å². The van der Waals surface area contributed by atoms with E-state index in [1.165, 1.54) is 25.3 Å². The number of aromatic nitrogens is 1. The van der Waals surface area contributed by atoms with Gasteiger partial charge in [-0.3, -0.25) is 4.79 Å². The number of amides is 1. The van der Waals surface area contributed by atoms with Gasteiger partial charge < -0.3 is 15.0 Å². The van der Waals surface area contributed by atoms with E-state index in [4.69, 9.17) is 4.74 Å². The van der Waals surface area contributed by atoms with E-state index in [0.29, 0.717) is 24.8 Å². The molecule has 0 radical (unpaired) electrons. The minimum absolute atomic E-state index is 0.00659. The Kier molecular flexibility index (Phi) is 6.31. The minimum Gasteiger partial charge on any atom is -0.496 e. The topological polar surface area (TPSA) is 54.5 Å². The van der Waals surface area contributed by atoms with Gasteiger partial charge in [-0.15, -0.1) is 0 Å². The Morgan fingerprint density at radius 1 is 1.37 bits per heavy atom. The summed E-state index contributed by atoms with van der Waals surface area (Å²) in [6.07, 6.45) is 3.66. The molecular weight excluding hydrogens is 413 g/mol. The normalized spacial score (nSPS) is 19.6. The maximum atomic E-state index is 13.7. The predicted octanol–water partition coefficient (Wildman–Crippen LogP) is 4.34. The van der Waals surface area contributed by atoms with Crippen molar-refractivity contribution in [1.82, 2.24) is 9.88 Å². The first-order valence-corrected chi connectivity index (χ1v) is 9.77. The molecule has 1 fully saturated rings. The molecule has 144 valence electrons. The summed E-state index contributed by atoms with van der Waals surface area (Å²) in [7, 11) is 1.49. The number of halogens is 2. The van der Waals surface area contributed by atoms with Crippen LogP contribution in [0.4, 0.5) is 10.2 Å². The Morgan fingerprint density at radius 3 is 2.89 bits per heavy atom. The molecule has 1 amide bonds. The van der Waals surface area contributed by atoms with Gasteiger partial charge in [0.05, 0.1) is 12.7 Å². The third kappa shape index (κ3) is 4.77. The number of carbonyl (C=O) groups is 1. The largest absolute Gasteiger partial charge is 0.496 e. The SMILES string of the molecule is COc1ccc(F)cc1C(=O)N1C[C@@H](C)CC[C@H]1CNc1ccc(Br)cn1. The lowest BCUT2D eigenvalue weighted by Crippen LogP contribution is -2.49. The Labute approximate surface area is 167 Å². The maximum Gasteiger partial charge on any atom is 0.258 e. The van der Waals surface area contributed by atoms with Crippen LogP contribution in [0, 0.1) is 11.7 Å². The fourth-order valence-corrected chi connectivity index (χ4v) is 3.61. The van der Waals surface area contributed by atoms with E-state index in [0.717, 1.165) is 23.1 Å². The van der Waals surface area contributed by atoms with Crippen molar-refractivity contribution in [3.8, 4) is 5.75 Å². The summed E-state index contributed by atoms with van der Waals surface area (Å²) in [5.41, 5.74) is 0.262. The molecule has 0 bridgehead atoms. The molecule has 0 aliphatic carbocycles. The number of hydrogen-bond acceptors (Lipinski definition) is 4. The van der Waals surface area contributed by atoms with E-state index in [1.54, 1.807) is 6.20 Å². The molecule has 3 rings (SSSR count). The van der Waals surface area contributed by atoms with Crippen LogP contribution in [0.15, 0.2) is 41.0 Å². The first-order chi connectivity index (χ1) is 13.0. The lowest BCUT2D eigenvalue weighted by molar-refractivity contribution is 0.0561. The van der Waals surface area contributed by atoms with Crippen LogP contribution >= 0.6 is 15.9 Å². The van der Waals surface area contributed by atoms with E-state index >= 15 is 0 Å². The highest BCUT2D eigenvalue weighted by molar-refractivity contribution is 9.10. The first-order valence-electron chi connectivity index (χ1n) is 8.98. The van der Waals surface area contributed by atoms with Gasteiger partial charge in [-0.05, 0) is 65.0 Å². The van der Waals surface area contributed by atoms with Gasteiger partial charge in [-0.1, -0.05) is 6.92 Å². The number of nitrogens with one attached hydrogen (secondary N) is 1. The fraction of sp³-hybridized carbons (Fsp3) is 0.400. The number of hydrogen-bond donors (Lipinski definition) is 1. The third-order valence-electron chi connectivity index (χ3n) is 4.84. The smallest absolute Gasteiger partial charge is 0.258 e. The number of methoxy groups -OCH3 is 1. The quantitative estimate of drug-likeness (QED) is 0.758. The molecular formula is C20H23BrFN3O2. The van der Waals surface area contributed by atoms with Crippen molar-refractivity contribution in [2.75, 3.05) is 25.5 Å². The summed E-state index contributed by atoms with van der Waals surface area (Å²) in [6.45, 7) is 3.35. The van der Waals surface area contributed by atoms with Gasteiger partial charge in [-0.2, -0.15) is 0 Å². The molecule has 2 aromatic rings. The van der Waals surface area contributed by atoms with E-state index in [9.17, 15) is 9.18 Å². The molecule has 0 saturated carbocycles. The van der Waals surface area contributed by atoms with Crippen LogP contribution in [0.25, 0.3) is 0 Å². The summed E-state index contributed by atoms with van der Waals surface area (Å²) >= 11 is 3.37. The zero-order chi connectivity index (χ0) is 19.4. The van der Waals surface area contributed by atoms with Crippen molar-refractivity contribution in [3.63, 3.8) is 0 Å². The van der Waals surface area contributed by atoms with E-state index in [-0.39, 0.29) is 17.5 Å². The number of anilines is 1. The second-order valence-electron chi connectivity index (χ2n) is 6.88. The Morgan fingerprint density at radius 2 is 2.19 bits per heavy atom. The molecule has 7 heteroatoms. The lowest BCUT2D eigenvalue weighted by Gasteiger charge is -2.39. The second-order valence-corrected chi connectivity index (χ2v) is 7.80. The molecule has 1 N–H and O–H groups in total. The molecule has 1 aromatic heterocycles. The molecule has 2 atom stereocenters. The van der Waals surface area contributed by atoms with Gasteiger partial charge in [0, 0.05) is 29.8 Å². The van der Waals surface area contributed by atoms with Crippen LogP contribution in [-0.4, -0.2) is 42.0 Å². The van der Waals surface area contributed by atoms with Gasteiger partial charge in [-0.25, -0.2) is 9.37 Å². The molecule has 1 aliphatic heterocycles. The second kappa shape index (κ2) is 8.69. The number of rotatable bonds is 5. The van der Waals surface area contributed by atoms with Crippen LogP contribution in [-0.2, 0) is 0 Å². The Balaban J connectivity index is 1.78. The van der Waals surface area contributed by atoms with Crippen LogP contribution in [0.1, 0.15) is 30.1 Å². The molecule has 27 heavy (non-hydrogen) atoms. The summed E-state index contributed by atoms with van der Waals surface area (Å²) < 4.78 is 19.9. The van der Waals surface area contributed by atoms with Crippen molar-refractivity contribution in [3.05, 3.63) is 52.4 Å². The summed E-state index contributed by atoms with van der Waals surface area (Å²) in [6, 6.07) is 7.85. The van der Waals surface area contributed by atoms with Gasteiger partial charge in [0.2, 0.25) is 0 Å². The molecule has 2 heterocycles. The van der Waals surface area contributed by atoms with Crippen molar-refractivity contribution in [2.24, 2.45) is 5.92 Å². The van der Waals surface area contributed by atoms with E-state index < -0.39 is 5.82 Å². The van der Waals surface area contributed by atoms with Crippen molar-refractivity contribution < 1.29 is 13.9 Å². The zero-order valence-electron chi connectivity index (χ0n) is 15.4. The molecule has 5 nitrogen and oxygen atoms in total. The van der Waals surface area contributed by atoms with Crippen LogP contribution in [0.3, 0.4) is 0 Å². The van der Waals surface area contributed by atoms with Crippen molar-refractivity contribution in [1.29, 1.82) is 0 Å². The third-order valence-corrected chi connectivity index (χ3v) is 5.31. The van der Waals surface area contributed by atoms with Crippen molar-refractivity contribution in [2.45, 2.75) is 25.8 Å². The highest BCUT2D eigenvalue weighted by atomic mass is 79.9. The molecule has 1 saturated heterocycles. The monoisotopic (exact) mass is 435 g/mol. The number of ether oxygens (including phenoxy) is 1. The predicted molar refractivity (Wildman–Crippen MR) is 107 cm³/mol. The molecule has 1 aromatic carbocycles. The van der Waals surface area contributed by atoms with Crippen LogP contribution in [0.5, 0.6) is 5.75 Å². The molecule has 1 aliphatic rings. The molecule has 0 unspecified atom stereocenters. The van der Waals surface area contributed by atoms with E-state index in [2.05, 4.69) is 33.2 Å². The van der Waals surface area contributed by atoms with Gasteiger partial charge >= 0.3 is 0 Å². The average Bonchev–Trinajstić information content (AvgIpc) is 2.67. The van der Waals surface area contributed by atoms with E-state index in [1.807, 2.05) is 17.0 Å². The zero-order valence-corrected chi connectivity index (χ0v) is 17.0. The highest BCUT2D eigenvalue weighted by Crippen LogP contribution is 2.27. The number of nitrogens with zero attached hydrogens (tertiary/aromatic N) is 2. The number of piperidine rings is 1. The van der Waals surface area contributed by atoms with Gasteiger partial charge in [0.15, 0.2) is 0 Å². The summed E-state index contributed by atoms with van der Waals surface area (Å²) in [5.74, 6) is 0.899. The Bertz CT molecular complexity index is 800. The average molecular weight is 436 g/mol. The number of carbonyl (C=O) groups excluding carboxylic acids is 1. The standard InChI is InChI=1S/C20H23BrFN3O2/c1-13-3-6-16(11-24-19-8-4-14(21)10-23-19)25(12-13)20(26)17-9-15(22)5-7-18(17)27-2/h4-5,7-10,13,16H,3,6,11-12H2,1-2H3,(H,23,24)/t13-,16-/m0/s1. The Hall–Kier alpha value is -2.15. The van der Waals surface area contributed by atoms with Gasteiger partial charge in [0.25, 0.3) is 5.91 Å². The minimum atomic E-state index is -0.446. The fourth-order valence-electron chi connectivity index (χ4n) is 3.37. The van der Waals surface area contributed by atoms with Crippen LogP contribution in [0.2, 0.25) is 0 Å².